The second kappa shape index (κ2) is 5.38. The second-order valence-electron chi connectivity index (χ2n) is 3.59. The Hall–Kier alpha value is -2.57. The quantitative estimate of drug-likeness (QED) is 0.887. The smallest absolute Gasteiger partial charge is 0.316 e. The van der Waals surface area contributed by atoms with Gasteiger partial charge in [-0.05, 0) is 13.0 Å². The molecule has 0 aliphatic rings. The number of rotatable bonds is 4. The molecule has 7 heteroatoms. The van der Waals surface area contributed by atoms with Crippen LogP contribution in [0.1, 0.15) is 6.92 Å². The van der Waals surface area contributed by atoms with E-state index in [1.807, 2.05) is 0 Å². The predicted molar refractivity (Wildman–Crippen MR) is 66.3 cm³/mol. The normalized spacial score (nSPS) is 10.2. The van der Waals surface area contributed by atoms with Gasteiger partial charge in [-0.25, -0.2) is 14.2 Å². The standard InChI is InChI=1S/C12H12FN3O3/c1-2-18-10-5-7(11-15-3-4-19-11)9(6-8(10)13)16-12(14)17/h3-6H,2H2,1H3,(H3,14,16,17). The molecule has 0 aliphatic heterocycles. The topological polar surface area (TPSA) is 90.4 Å². The van der Waals surface area contributed by atoms with Crippen molar-refractivity contribution in [3.05, 3.63) is 30.4 Å². The van der Waals surface area contributed by atoms with Crippen LogP contribution >= 0.6 is 0 Å². The lowest BCUT2D eigenvalue weighted by molar-refractivity contribution is 0.259. The molecule has 0 radical (unpaired) electrons. The zero-order chi connectivity index (χ0) is 13.8. The Morgan fingerprint density at radius 3 is 2.95 bits per heavy atom. The first-order valence-corrected chi connectivity index (χ1v) is 5.54. The molecule has 0 fully saturated rings. The Bertz CT molecular complexity index is 584. The Morgan fingerprint density at radius 1 is 1.58 bits per heavy atom. The summed E-state index contributed by atoms with van der Waals surface area (Å²) in [5.74, 6) is -0.337. The number of hydrogen-bond acceptors (Lipinski definition) is 4. The number of nitrogens with two attached hydrogens (primary N) is 1. The van der Waals surface area contributed by atoms with Crippen LogP contribution in [-0.4, -0.2) is 17.6 Å². The number of benzene rings is 1. The molecule has 0 spiro atoms. The highest BCUT2D eigenvalue weighted by Gasteiger charge is 2.16. The van der Waals surface area contributed by atoms with E-state index in [0.717, 1.165) is 6.07 Å². The van der Waals surface area contributed by atoms with E-state index in [2.05, 4.69) is 10.3 Å². The van der Waals surface area contributed by atoms with Crippen LogP contribution in [0.25, 0.3) is 11.5 Å². The number of urea groups is 1. The minimum Gasteiger partial charge on any atom is -0.491 e. The molecule has 2 rings (SSSR count). The van der Waals surface area contributed by atoms with Crippen molar-refractivity contribution in [1.29, 1.82) is 0 Å². The van der Waals surface area contributed by atoms with Gasteiger partial charge in [0, 0.05) is 6.07 Å². The van der Waals surface area contributed by atoms with Crippen LogP contribution in [0.3, 0.4) is 0 Å². The molecule has 0 aliphatic carbocycles. The Labute approximate surface area is 108 Å². The van der Waals surface area contributed by atoms with Crippen LogP contribution in [0.4, 0.5) is 14.9 Å². The van der Waals surface area contributed by atoms with Crippen molar-refractivity contribution in [2.75, 3.05) is 11.9 Å². The number of ether oxygens (including phenoxy) is 1. The molecule has 2 amide bonds. The lowest BCUT2D eigenvalue weighted by Gasteiger charge is -2.11. The van der Waals surface area contributed by atoms with Gasteiger partial charge in [0.2, 0.25) is 5.89 Å². The number of oxazole rings is 1. The Morgan fingerprint density at radius 2 is 2.37 bits per heavy atom. The van der Waals surface area contributed by atoms with Crippen LogP contribution in [0.5, 0.6) is 5.75 Å². The summed E-state index contributed by atoms with van der Waals surface area (Å²) >= 11 is 0. The van der Waals surface area contributed by atoms with E-state index < -0.39 is 11.8 Å². The van der Waals surface area contributed by atoms with Crippen molar-refractivity contribution < 1.29 is 18.3 Å². The summed E-state index contributed by atoms with van der Waals surface area (Å²) in [5, 5.41) is 2.32. The highest BCUT2D eigenvalue weighted by atomic mass is 19.1. The maximum atomic E-state index is 13.7. The minimum atomic E-state index is -0.809. The number of nitrogens with zero attached hydrogens (tertiary/aromatic N) is 1. The molecule has 0 saturated carbocycles. The maximum Gasteiger partial charge on any atom is 0.316 e. The van der Waals surface area contributed by atoms with Crippen molar-refractivity contribution >= 4 is 11.7 Å². The first-order valence-electron chi connectivity index (χ1n) is 5.54. The largest absolute Gasteiger partial charge is 0.491 e. The fraction of sp³-hybridized carbons (Fsp3) is 0.167. The lowest BCUT2D eigenvalue weighted by Crippen LogP contribution is -2.20. The van der Waals surface area contributed by atoms with Crippen LogP contribution in [0, 0.1) is 5.82 Å². The number of carbonyl (C=O) groups excluding carboxylic acids is 1. The average molecular weight is 265 g/mol. The molecule has 1 heterocycles. The van der Waals surface area contributed by atoms with Gasteiger partial charge < -0.3 is 20.2 Å². The first-order chi connectivity index (χ1) is 9.11. The number of carbonyl (C=O) groups is 1. The van der Waals surface area contributed by atoms with Gasteiger partial charge in [-0.1, -0.05) is 0 Å². The van der Waals surface area contributed by atoms with E-state index >= 15 is 0 Å². The molecule has 0 bridgehead atoms. The molecule has 0 unspecified atom stereocenters. The van der Waals surface area contributed by atoms with Crippen LogP contribution < -0.4 is 15.8 Å². The van der Waals surface area contributed by atoms with Crippen molar-refractivity contribution in [3.63, 3.8) is 0 Å². The van der Waals surface area contributed by atoms with Gasteiger partial charge in [0.05, 0.1) is 24.1 Å². The molecular formula is C12H12FN3O3. The highest BCUT2D eigenvalue weighted by Crippen LogP contribution is 2.33. The summed E-state index contributed by atoms with van der Waals surface area (Å²) in [4.78, 5) is 14.9. The third kappa shape index (κ3) is 2.82. The van der Waals surface area contributed by atoms with Crippen molar-refractivity contribution in [3.8, 4) is 17.2 Å². The highest BCUT2D eigenvalue weighted by molar-refractivity contribution is 5.92. The number of anilines is 1. The summed E-state index contributed by atoms with van der Waals surface area (Å²) in [7, 11) is 0. The number of primary amides is 1. The molecule has 19 heavy (non-hydrogen) atoms. The van der Waals surface area contributed by atoms with E-state index in [4.69, 9.17) is 14.9 Å². The Balaban J connectivity index is 2.52. The van der Waals surface area contributed by atoms with Gasteiger partial charge in [-0.3, -0.25) is 0 Å². The SMILES string of the molecule is CCOc1cc(-c2ncco2)c(NC(N)=O)cc1F. The molecule has 3 N–H and O–H groups in total. The van der Waals surface area contributed by atoms with Gasteiger partial charge in [-0.15, -0.1) is 0 Å². The third-order valence-electron chi connectivity index (χ3n) is 2.29. The summed E-state index contributed by atoms with van der Waals surface area (Å²) in [6.07, 6.45) is 2.81. The zero-order valence-corrected chi connectivity index (χ0v) is 10.1. The first kappa shape index (κ1) is 12.9. The molecule has 0 saturated heterocycles. The van der Waals surface area contributed by atoms with Gasteiger partial charge >= 0.3 is 6.03 Å². The fourth-order valence-corrected chi connectivity index (χ4v) is 1.59. The maximum absolute atomic E-state index is 13.7. The monoisotopic (exact) mass is 265 g/mol. The van der Waals surface area contributed by atoms with Gasteiger partial charge in [0.1, 0.15) is 6.26 Å². The van der Waals surface area contributed by atoms with Crippen molar-refractivity contribution in [2.24, 2.45) is 5.73 Å². The molecule has 6 nitrogen and oxygen atoms in total. The number of amides is 2. The molecule has 1 aromatic heterocycles. The predicted octanol–water partition coefficient (Wildman–Crippen LogP) is 2.37. The molecular weight excluding hydrogens is 253 g/mol. The number of aromatic nitrogens is 1. The van der Waals surface area contributed by atoms with Crippen molar-refractivity contribution in [2.45, 2.75) is 6.92 Å². The number of nitrogens with one attached hydrogen (secondary N) is 1. The van der Waals surface area contributed by atoms with Crippen LogP contribution in [0.2, 0.25) is 0 Å². The van der Waals surface area contributed by atoms with Crippen LogP contribution in [-0.2, 0) is 0 Å². The number of halogens is 1. The minimum absolute atomic E-state index is 0.0470. The molecule has 2 aromatic rings. The van der Waals surface area contributed by atoms with E-state index in [1.165, 1.54) is 18.5 Å². The Kier molecular flexibility index (Phi) is 3.65. The fourth-order valence-electron chi connectivity index (χ4n) is 1.59. The van der Waals surface area contributed by atoms with Crippen molar-refractivity contribution in [1.82, 2.24) is 4.98 Å². The van der Waals surface area contributed by atoms with E-state index in [9.17, 15) is 9.18 Å². The summed E-state index contributed by atoms with van der Waals surface area (Å²) < 4.78 is 24.0. The van der Waals surface area contributed by atoms with E-state index in [-0.39, 0.29) is 17.3 Å². The summed E-state index contributed by atoms with van der Waals surface area (Å²) in [5.41, 5.74) is 5.58. The van der Waals surface area contributed by atoms with E-state index in [0.29, 0.717) is 12.2 Å². The zero-order valence-electron chi connectivity index (χ0n) is 10.1. The summed E-state index contributed by atoms with van der Waals surface area (Å²) in [6, 6.07) is 1.70. The van der Waals surface area contributed by atoms with Gasteiger partial charge in [0.25, 0.3) is 0 Å². The molecule has 100 valence electrons. The molecule has 0 atom stereocenters. The van der Waals surface area contributed by atoms with Gasteiger partial charge in [0.15, 0.2) is 11.6 Å². The molecule has 1 aromatic carbocycles. The third-order valence-corrected chi connectivity index (χ3v) is 2.29. The van der Waals surface area contributed by atoms with Crippen LogP contribution in [0.15, 0.2) is 29.0 Å². The lowest BCUT2D eigenvalue weighted by atomic mass is 10.1. The van der Waals surface area contributed by atoms with E-state index in [1.54, 1.807) is 6.92 Å². The average Bonchev–Trinajstić information content (AvgIpc) is 2.85. The van der Waals surface area contributed by atoms with Gasteiger partial charge in [-0.2, -0.15) is 0 Å². The number of hydrogen-bond donors (Lipinski definition) is 2. The summed E-state index contributed by atoms with van der Waals surface area (Å²) in [6.45, 7) is 2.05. The second-order valence-corrected chi connectivity index (χ2v) is 3.59.